The predicted octanol–water partition coefficient (Wildman–Crippen LogP) is 3.30. The fourth-order valence-corrected chi connectivity index (χ4v) is 2.18. The van der Waals surface area contributed by atoms with E-state index < -0.39 is 11.5 Å². The summed E-state index contributed by atoms with van der Waals surface area (Å²) in [7, 11) is 0. The Morgan fingerprint density at radius 3 is 2.30 bits per heavy atom. The highest BCUT2D eigenvalue weighted by molar-refractivity contribution is 5.32. The maximum Gasteiger partial charge on any atom is 0.138 e. The lowest BCUT2D eigenvalue weighted by Gasteiger charge is -2.24. The summed E-state index contributed by atoms with van der Waals surface area (Å²) in [6.07, 6.45) is 1.08. The number of aliphatic hydroxyl groups excluding tert-OH is 1. The molecule has 4 heteroatoms. The molecule has 0 saturated heterocycles. The van der Waals surface area contributed by atoms with Gasteiger partial charge in [0.15, 0.2) is 0 Å². The molecule has 0 radical (unpaired) electrons. The van der Waals surface area contributed by atoms with Crippen LogP contribution in [0.3, 0.4) is 0 Å². The number of aryl methyl sites for hydroxylation is 1. The molecule has 1 aromatic heterocycles. The van der Waals surface area contributed by atoms with Crippen molar-refractivity contribution in [3.8, 4) is 0 Å². The van der Waals surface area contributed by atoms with Crippen LogP contribution in [-0.4, -0.2) is 15.1 Å². The molecule has 20 heavy (non-hydrogen) atoms. The van der Waals surface area contributed by atoms with Crippen LogP contribution in [0.5, 0.6) is 0 Å². The average molecular weight is 274 g/mol. The molecule has 106 valence electrons. The first-order valence-electron chi connectivity index (χ1n) is 6.60. The highest BCUT2D eigenvalue weighted by Crippen LogP contribution is 2.29. The summed E-state index contributed by atoms with van der Waals surface area (Å²) >= 11 is 0. The van der Waals surface area contributed by atoms with Crippen LogP contribution in [0.25, 0.3) is 0 Å². The van der Waals surface area contributed by atoms with Gasteiger partial charge in [-0.2, -0.15) is 0 Å². The number of halogens is 1. The summed E-state index contributed by atoms with van der Waals surface area (Å²) < 4.78 is 13.0. The van der Waals surface area contributed by atoms with Crippen molar-refractivity contribution in [2.75, 3.05) is 0 Å². The molecule has 0 unspecified atom stereocenters. The fraction of sp³-hybridized carbons (Fsp3) is 0.375. The second kappa shape index (κ2) is 5.29. The lowest BCUT2D eigenvalue weighted by molar-refractivity contribution is 0.197. The minimum atomic E-state index is -0.585. The number of aromatic nitrogens is 2. The van der Waals surface area contributed by atoms with E-state index in [2.05, 4.69) is 9.97 Å². The number of hydrogen-bond donors (Lipinski definition) is 1. The van der Waals surface area contributed by atoms with E-state index >= 15 is 0 Å². The molecule has 0 aliphatic heterocycles. The van der Waals surface area contributed by atoms with Crippen LogP contribution in [0.15, 0.2) is 30.5 Å². The minimum absolute atomic E-state index is 0.258. The zero-order chi connectivity index (χ0) is 14.9. The molecule has 0 amide bonds. The average Bonchev–Trinajstić information content (AvgIpc) is 2.38. The van der Waals surface area contributed by atoms with E-state index in [4.69, 9.17) is 0 Å². The number of aliphatic hydroxyl groups is 1. The van der Waals surface area contributed by atoms with E-state index in [-0.39, 0.29) is 5.82 Å². The Labute approximate surface area is 118 Å². The van der Waals surface area contributed by atoms with Crippen LogP contribution >= 0.6 is 0 Å². The van der Waals surface area contributed by atoms with Crippen LogP contribution in [0.1, 0.15) is 49.5 Å². The number of rotatable bonds is 3. The second-order valence-corrected chi connectivity index (χ2v) is 5.54. The summed E-state index contributed by atoms with van der Waals surface area (Å²) in [6, 6.07) is 6.37. The first kappa shape index (κ1) is 14.6. The monoisotopic (exact) mass is 274 g/mol. The van der Waals surface area contributed by atoms with Gasteiger partial charge in [-0.25, -0.2) is 14.4 Å². The van der Waals surface area contributed by atoms with E-state index in [1.165, 1.54) is 12.1 Å². The van der Waals surface area contributed by atoms with Crippen molar-refractivity contribution in [3.63, 3.8) is 0 Å². The Bertz CT molecular complexity index is 606. The normalized spacial score (nSPS) is 13.3. The van der Waals surface area contributed by atoms with Gasteiger partial charge >= 0.3 is 0 Å². The molecule has 0 fully saturated rings. The van der Waals surface area contributed by atoms with Crippen molar-refractivity contribution in [1.29, 1.82) is 0 Å². The van der Waals surface area contributed by atoms with E-state index in [0.29, 0.717) is 5.82 Å². The molecule has 1 heterocycles. The topological polar surface area (TPSA) is 46.0 Å². The van der Waals surface area contributed by atoms with Crippen LogP contribution in [0.4, 0.5) is 4.39 Å². The van der Waals surface area contributed by atoms with Crippen molar-refractivity contribution in [3.05, 3.63) is 58.9 Å². The van der Waals surface area contributed by atoms with Crippen LogP contribution in [0, 0.1) is 12.7 Å². The number of benzene rings is 1. The van der Waals surface area contributed by atoms with Gasteiger partial charge in [-0.1, -0.05) is 12.1 Å². The zero-order valence-corrected chi connectivity index (χ0v) is 12.2. The number of nitrogens with zero attached hydrogens (tertiary/aromatic N) is 2. The molecule has 1 N–H and O–H groups in total. The van der Waals surface area contributed by atoms with Gasteiger partial charge in [0, 0.05) is 22.9 Å². The van der Waals surface area contributed by atoms with Gasteiger partial charge in [-0.3, -0.25) is 0 Å². The third-order valence-electron chi connectivity index (χ3n) is 3.59. The minimum Gasteiger partial charge on any atom is -0.389 e. The predicted molar refractivity (Wildman–Crippen MR) is 75.9 cm³/mol. The summed E-state index contributed by atoms with van der Waals surface area (Å²) in [4.78, 5) is 8.87. The standard InChI is InChI=1S/C16H19FN2O/c1-10-14(11(2)20)9-18-15(19-10)16(3,4)12-5-7-13(17)8-6-12/h5-9,11,20H,1-4H3/t11-/m1/s1. The molecule has 0 aliphatic carbocycles. The van der Waals surface area contributed by atoms with Gasteiger partial charge in [0.05, 0.1) is 6.10 Å². The molecular weight excluding hydrogens is 255 g/mol. The smallest absolute Gasteiger partial charge is 0.138 e. The lowest BCUT2D eigenvalue weighted by atomic mass is 9.83. The first-order valence-corrected chi connectivity index (χ1v) is 6.60. The van der Waals surface area contributed by atoms with Gasteiger partial charge in [-0.05, 0) is 45.4 Å². The Balaban J connectivity index is 2.44. The van der Waals surface area contributed by atoms with E-state index in [9.17, 15) is 9.50 Å². The quantitative estimate of drug-likeness (QED) is 0.934. The fourth-order valence-electron chi connectivity index (χ4n) is 2.18. The molecule has 1 atom stereocenters. The highest BCUT2D eigenvalue weighted by Gasteiger charge is 2.27. The van der Waals surface area contributed by atoms with Crippen LogP contribution in [0.2, 0.25) is 0 Å². The largest absolute Gasteiger partial charge is 0.389 e. The molecule has 2 aromatic rings. The molecule has 1 aromatic carbocycles. The van der Waals surface area contributed by atoms with Gasteiger partial charge < -0.3 is 5.11 Å². The molecule has 0 aliphatic rings. The van der Waals surface area contributed by atoms with E-state index in [0.717, 1.165) is 16.8 Å². The Kier molecular flexibility index (Phi) is 3.86. The van der Waals surface area contributed by atoms with Gasteiger partial charge in [0.2, 0.25) is 0 Å². The van der Waals surface area contributed by atoms with Crippen molar-refractivity contribution in [2.24, 2.45) is 0 Å². The van der Waals surface area contributed by atoms with Gasteiger partial charge in [-0.15, -0.1) is 0 Å². The Hall–Kier alpha value is -1.81. The van der Waals surface area contributed by atoms with E-state index in [1.54, 1.807) is 25.3 Å². The summed E-state index contributed by atoms with van der Waals surface area (Å²) in [6.45, 7) is 7.54. The summed E-state index contributed by atoms with van der Waals surface area (Å²) in [5.74, 6) is 0.400. The van der Waals surface area contributed by atoms with Gasteiger partial charge in [0.25, 0.3) is 0 Å². The molecule has 0 saturated carbocycles. The number of hydrogen-bond acceptors (Lipinski definition) is 3. The molecule has 0 spiro atoms. The third kappa shape index (κ3) is 2.70. The summed E-state index contributed by atoms with van der Waals surface area (Å²) in [5.41, 5.74) is 2.02. The van der Waals surface area contributed by atoms with Crippen molar-refractivity contribution >= 4 is 0 Å². The first-order chi connectivity index (χ1) is 9.32. The molecular formula is C16H19FN2O. The van der Waals surface area contributed by atoms with Crippen LogP contribution in [-0.2, 0) is 5.41 Å². The maximum atomic E-state index is 13.0. The van der Waals surface area contributed by atoms with Crippen LogP contribution < -0.4 is 0 Å². The Morgan fingerprint density at radius 2 is 1.80 bits per heavy atom. The lowest BCUT2D eigenvalue weighted by Crippen LogP contribution is -2.23. The van der Waals surface area contributed by atoms with E-state index in [1.807, 2.05) is 20.8 Å². The molecule has 3 nitrogen and oxygen atoms in total. The molecule has 0 bridgehead atoms. The Morgan fingerprint density at radius 1 is 1.20 bits per heavy atom. The zero-order valence-electron chi connectivity index (χ0n) is 12.2. The maximum absolute atomic E-state index is 13.0. The second-order valence-electron chi connectivity index (χ2n) is 5.54. The highest BCUT2D eigenvalue weighted by atomic mass is 19.1. The molecule has 2 rings (SSSR count). The van der Waals surface area contributed by atoms with Crippen molar-refractivity contribution in [1.82, 2.24) is 9.97 Å². The van der Waals surface area contributed by atoms with Crippen molar-refractivity contribution in [2.45, 2.75) is 39.2 Å². The SMILES string of the molecule is Cc1nc(C(C)(C)c2ccc(F)cc2)ncc1[C@@H](C)O. The third-order valence-corrected chi connectivity index (χ3v) is 3.59. The van der Waals surface area contributed by atoms with Gasteiger partial charge in [0.1, 0.15) is 11.6 Å². The van der Waals surface area contributed by atoms with Crippen molar-refractivity contribution < 1.29 is 9.50 Å². The summed E-state index contributed by atoms with van der Waals surface area (Å²) in [5, 5.41) is 9.62.